The maximum atomic E-state index is 6.09. The summed E-state index contributed by atoms with van der Waals surface area (Å²) in [6, 6.07) is 8.76. The zero-order chi connectivity index (χ0) is 13.4. The lowest BCUT2D eigenvalue weighted by atomic mass is 10.0. The van der Waals surface area contributed by atoms with Gasteiger partial charge in [-0.3, -0.25) is 10.7 Å². The van der Waals surface area contributed by atoms with Crippen LogP contribution in [0.25, 0.3) is 0 Å². The van der Waals surface area contributed by atoms with Crippen molar-refractivity contribution in [3.8, 4) is 0 Å². The molecule has 0 bridgehead atoms. The fourth-order valence-corrected chi connectivity index (χ4v) is 2.92. The van der Waals surface area contributed by atoms with Gasteiger partial charge < -0.3 is 10.6 Å². The highest BCUT2D eigenvalue weighted by molar-refractivity contribution is 5.73. The SMILES string of the molecule is CC(C)C1CN(C2Nc3ccccc3N2)CCN1N. The molecular formula is C14H23N5. The van der Waals surface area contributed by atoms with E-state index in [1.165, 1.54) is 11.4 Å². The first kappa shape index (κ1) is 12.7. The minimum Gasteiger partial charge on any atom is -0.351 e. The Hall–Kier alpha value is -1.30. The number of nitrogens with zero attached hydrogens (tertiary/aromatic N) is 2. The van der Waals surface area contributed by atoms with Gasteiger partial charge in [-0.25, -0.2) is 5.01 Å². The van der Waals surface area contributed by atoms with Crippen LogP contribution in [0.1, 0.15) is 13.8 Å². The second-order valence-electron chi connectivity index (χ2n) is 5.78. The molecule has 5 nitrogen and oxygen atoms in total. The third kappa shape index (κ3) is 2.41. The lowest BCUT2D eigenvalue weighted by Crippen LogP contribution is -2.61. The summed E-state index contributed by atoms with van der Waals surface area (Å²) >= 11 is 0. The molecule has 0 aliphatic carbocycles. The molecule has 1 fully saturated rings. The largest absolute Gasteiger partial charge is 0.351 e. The average molecular weight is 261 g/mol. The zero-order valence-electron chi connectivity index (χ0n) is 11.6. The van der Waals surface area contributed by atoms with Crippen molar-refractivity contribution >= 4 is 11.4 Å². The summed E-state index contributed by atoms with van der Waals surface area (Å²) < 4.78 is 0. The number of hydrazine groups is 1. The van der Waals surface area contributed by atoms with E-state index < -0.39 is 0 Å². The molecule has 2 heterocycles. The minimum atomic E-state index is 0.187. The Bertz CT molecular complexity index is 422. The number of piperazine rings is 1. The van der Waals surface area contributed by atoms with Gasteiger partial charge in [-0.15, -0.1) is 0 Å². The van der Waals surface area contributed by atoms with E-state index in [4.69, 9.17) is 5.84 Å². The fourth-order valence-electron chi connectivity index (χ4n) is 2.92. The predicted octanol–water partition coefficient (Wildman–Crippen LogP) is 1.32. The lowest BCUT2D eigenvalue weighted by Gasteiger charge is -2.43. The van der Waals surface area contributed by atoms with E-state index >= 15 is 0 Å². The van der Waals surface area contributed by atoms with Crippen molar-refractivity contribution in [3.63, 3.8) is 0 Å². The maximum absolute atomic E-state index is 6.09. The van der Waals surface area contributed by atoms with Gasteiger partial charge in [-0.05, 0) is 18.1 Å². The van der Waals surface area contributed by atoms with Crippen LogP contribution in [0.5, 0.6) is 0 Å². The maximum Gasteiger partial charge on any atom is 0.155 e. The fraction of sp³-hybridized carbons (Fsp3) is 0.571. The predicted molar refractivity (Wildman–Crippen MR) is 78.6 cm³/mol. The van der Waals surface area contributed by atoms with Crippen LogP contribution < -0.4 is 16.5 Å². The van der Waals surface area contributed by atoms with E-state index in [9.17, 15) is 0 Å². The van der Waals surface area contributed by atoms with Crippen molar-refractivity contribution in [1.82, 2.24) is 9.91 Å². The van der Waals surface area contributed by atoms with E-state index in [1.807, 2.05) is 5.01 Å². The molecule has 2 aliphatic rings. The molecule has 3 rings (SSSR count). The van der Waals surface area contributed by atoms with E-state index in [2.05, 4.69) is 53.6 Å². The number of hydrogen-bond acceptors (Lipinski definition) is 5. The van der Waals surface area contributed by atoms with Gasteiger partial charge in [0, 0.05) is 25.7 Å². The molecule has 0 amide bonds. The number of para-hydroxylation sites is 2. The molecule has 0 saturated carbocycles. The topological polar surface area (TPSA) is 56.6 Å². The van der Waals surface area contributed by atoms with Gasteiger partial charge in [-0.2, -0.15) is 0 Å². The Labute approximate surface area is 114 Å². The summed E-state index contributed by atoms with van der Waals surface area (Å²) in [5, 5.41) is 9.06. The van der Waals surface area contributed by atoms with Crippen molar-refractivity contribution in [2.24, 2.45) is 11.8 Å². The second-order valence-corrected chi connectivity index (χ2v) is 5.78. The molecule has 0 spiro atoms. The van der Waals surface area contributed by atoms with Crippen LogP contribution in [-0.2, 0) is 0 Å². The van der Waals surface area contributed by atoms with Gasteiger partial charge in [0.2, 0.25) is 0 Å². The molecule has 5 heteroatoms. The van der Waals surface area contributed by atoms with Crippen LogP contribution in [0.4, 0.5) is 11.4 Å². The van der Waals surface area contributed by atoms with Crippen molar-refractivity contribution in [3.05, 3.63) is 24.3 Å². The smallest absolute Gasteiger partial charge is 0.155 e. The monoisotopic (exact) mass is 261 g/mol. The number of rotatable bonds is 2. The van der Waals surface area contributed by atoms with Gasteiger partial charge in [0.1, 0.15) is 0 Å². The number of benzene rings is 1. The molecule has 0 radical (unpaired) electrons. The van der Waals surface area contributed by atoms with E-state index in [0.29, 0.717) is 12.0 Å². The van der Waals surface area contributed by atoms with Crippen molar-refractivity contribution in [2.45, 2.75) is 26.2 Å². The summed E-state index contributed by atoms with van der Waals surface area (Å²) in [7, 11) is 0. The summed E-state index contributed by atoms with van der Waals surface area (Å²) in [5.41, 5.74) is 2.37. The van der Waals surface area contributed by atoms with Crippen LogP contribution in [0, 0.1) is 5.92 Å². The van der Waals surface area contributed by atoms with Gasteiger partial charge in [0.15, 0.2) is 6.29 Å². The number of fused-ring (bicyclic) bond motifs is 1. The van der Waals surface area contributed by atoms with E-state index in [-0.39, 0.29) is 6.29 Å². The van der Waals surface area contributed by atoms with Gasteiger partial charge in [0.25, 0.3) is 0 Å². The highest BCUT2D eigenvalue weighted by atomic mass is 15.5. The summed E-state index contributed by atoms with van der Waals surface area (Å²) in [5.74, 6) is 6.66. The summed E-state index contributed by atoms with van der Waals surface area (Å²) in [6.07, 6.45) is 0.187. The number of hydrogen-bond donors (Lipinski definition) is 3. The molecule has 0 aromatic heterocycles. The highest BCUT2D eigenvalue weighted by Crippen LogP contribution is 2.30. The molecule has 1 atom stereocenters. The molecule has 2 aliphatic heterocycles. The summed E-state index contributed by atoms with van der Waals surface area (Å²) in [6.45, 7) is 7.36. The average Bonchev–Trinajstić information content (AvgIpc) is 2.82. The number of nitrogens with one attached hydrogen (secondary N) is 2. The Morgan fingerprint density at radius 2 is 1.79 bits per heavy atom. The quantitative estimate of drug-likeness (QED) is 0.701. The van der Waals surface area contributed by atoms with Gasteiger partial charge >= 0.3 is 0 Å². The van der Waals surface area contributed by atoms with Crippen LogP contribution in [0.3, 0.4) is 0 Å². The summed E-state index contributed by atoms with van der Waals surface area (Å²) in [4.78, 5) is 2.44. The Kier molecular flexibility index (Phi) is 3.35. The third-order valence-electron chi connectivity index (χ3n) is 4.14. The van der Waals surface area contributed by atoms with Crippen LogP contribution in [0.15, 0.2) is 24.3 Å². The molecule has 1 saturated heterocycles. The first-order valence-electron chi connectivity index (χ1n) is 7.02. The van der Waals surface area contributed by atoms with E-state index in [0.717, 1.165) is 19.6 Å². The Morgan fingerprint density at radius 1 is 1.16 bits per heavy atom. The molecular weight excluding hydrogens is 238 g/mol. The first-order valence-corrected chi connectivity index (χ1v) is 7.02. The van der Waals surface area contributed by atoms with Gasteiger partial charge in [0.05, 0.1) is 11.4 Å². The van der Waals surface area contributed by atoms with Crippen LogP contribution in [0.2, 0.25) is 0 Å². The number of anilines is 2. The number of nitrogens with two attached hydrogens (primary N) is 1. The normalized spacial score (nSPS) is 25.2. The van der Waals surface area contributed by atoms with E-state index in [1.54, 1.807) is 0 Å². The third-order valence-corrected chi connectivity index (χ3v) is 4.14. The van der Waals surface area contributed by atoms with Gasteiger partial charge in [-0.1, -0.05) is 26.0 Å². The lowest BCUT2D eigenvalue weighted by molar-refractivity contribution is 0.0390. The molecule has 1 unspecified atom stereocenters. The highest BCUT2D eigenvalue weighted by Gasteiger charge is 2.33. The Morgan fingerprint density at radius 3 is 2.37 bits per heavy atom. The zero-order valence-corrected chi connectivity index (χ0v) is 11.6. The van der Waals surface area contributed by atoms with Crippen LogP contribution in [-0.4, -0.2) is 41.9 Å². The Balaban J connectivity index is 1.68. The van der Waals surface area contributed by atoms with Crippen LogP contribution >= 0.6 is 0 Å². The standard InChI is InChI=1S/C14H23N5/c1-10(2)13-9-18(7-8-19(13)15)14-16-11-5-3-4-6-12(11)17-14/h3-6,10,13-14,16-17H,7-9,15H2,1-2H3. The van der Waals surface area contributed by atoms with Crippen molar-refractivity contribution < 1.29 is 0 Å². The molecule has 1 aromatic rings. The van der Waals surface area contributed by atoms with Crippen molar-refractivity contribution in [1.29, 1.82) is 0 Å². The van der Waals surface area contributed by atoms with Crippen molar-refractivity contribution in [2.75, 3.05) is 30.3 Å². The molecule has 4 N–H and O–H groups in total. The molecule has 1 aromatic carbocycles. The first-order chi connectivity index (χ1) is 9.15. The molecule has 104 valence electrons. The second kappa shape index (κ2) is 5.00. The minimum absolute atomic E-state index is 0.187. The molecule has 19 heavy (non-hydrogen) atoms.